The van der Waals surface area contributed by atoms with E-state index in [-0.39, 0.29) is 5.56 Å². The first kappa shape index (κ1) is 22.0. The Morgan fingerprint density at radius 3 is 2.34 bits per heavy atom. The molecule has 6 nitrogen and oxygen atoms in total. The summed E-state index contributed by atoms with van der Waals surface area (Å²) in [6.45, 7) is 1.82. The minimum absolute atomic E-state index is 0.234. The van der Waals surface area contributed by atoms with Crippen molar-refractivity contribution < 1.29 is 19.5 Å². The summed E-state index contributed by atoms with van der Waals surface area (Å²) in [7, 11) is 0. The van der Waals surface area contributed by atoms with Gasteiger partial charge in [0.2, 0.25) is 0 Å². The number of nitrogens with zero attached hydrogens (tertiary/aromatic N) is 1. The number of rotatable bonds is 4. The van der Waals surface area contributed by atoms with Crippen molar-refractivity contribution >= 4 is 51.0 Å². The normalized spacial score (nSPS) is 16.7. The van der Waals surface area contributed by atoms with Crippen LogP contribution in [-0.2, 0) is 9.59 Å². The second kappa shape index (κ2) is 8.76. The van der Waals surface area contributed by atoms with E-state index in [0.717, 1.165) is 14.9 Å². The van der Waals surface area contributed by atoms with E-state index in [1.54, 1.807) is 66.7 Å². The van der Waals surface area contributed by atoms with Crippen LogP contribution in [0.15, 0.2) is 71.2 Å². The largest absolute Gasteiger partial charge is 0.479 e. The molecule has 3 aromatic carbocycles. The summed E-state index contributed by atoms with van der Waals surface area (Å²) < 4.78 is 0.791. The number of carboxylic acid groups (broad SMARTS) is 1. The second-order valence-corrected chi connectivity index (χ2v) is 8.85. The van der Waals surface area contributed by atoms with Crippen LogP contribution in [0.4, 0.5) is 5.69 Å². The lowest BCUT2D eigenvalue weighted by Gasteiger charge is -2.34. The van der Waals surface area contributed by atoms with Gasteiger partial charge in [-0.3, -0.25) is 9.59 Å². The van der Waals surface area contributed by atoms with Crippen LogP contribution in [0.2, 0.25) is 5.02 Å². The van der Waals surface area contributed by atoms with E-state index in [1.807, 2.05) is 6.92 Å². The minimum Gasteiger partial charge on any atom is -0.479 e. The van der Waals surface area contributed by atoms with Gasteiger partial charge in [0, 0.05) is 9.50 Å². The highest BCUT2D eigenvalue weighted by molar-refractivity contribution is 9.10. The van der Waals surface area contributed by atoms with Gasteiger partial charge in [0.05, 0.1) is 11.3 Å². The van der Waals surface area contributed by atoms with Crippen LogP contribution in [0.3, 0.4) is 0 Å². The van der Waals surface area contributed by atoms with Gasteiger partial charge in [-0.15, -0.1) is 0 Å². The van der Waals surface area contributed by atoms with Gasteiger partial charge in [0.1, 0.15) is 6.04 Å². The predicted octanol–water partition coefficient (Wildman–Crippen LogP) is 5.37. The van der Waals surface area contributed by atoms with E-state index in [2.05, 4.69) is 21.2 Å². The summed E-state index contributed by atoms with van der Waals surface area (Å²) in [6.07, 6.45) is 0. The number of halogens is 2. The molecule has 8 heteroatoms. The molecule has 2 amide bonds. The number of hydrogen-bond donors (Lipinski definition) is 2. The molecule has 1 aliphatic heterocycles. The molecule has 0 bridgehead atoms. The molecule has 0 radical (unpaired) electrons. The molecule has 2 N–H and O–H groups in total. The number of carbonyl (C=O) groups is 3. The molecule has 162 valence electrons. The first-order chi connectivity index (χ1) is 15.3. The highest BCUT2D eigenvalue weighted by Crippen LogP contribution is 2.38. The number of amides is 2. The third kappa shape index (κ3) is 4.13. The van der Waals surface area contributed by atoms with E-state index in [4.69, 9.17) is 11.6 Å². The van der Waals surface area contributed by atoms with E-state index < -0.39 is 29.9 Å². The smallest absolute Gasteiger partial charge is 0.331 e. The number of hydrogen-bond acceptors (Lipinski definition) is 3. The molecule has 1 aliphatic rings. The van der Waals surface area contributed by atoms with Gasteiger partial charge in [-0.05, 0) is 54.4 Å². The number of carbonyl (C=O) groups excluding carboxylic acids is 2. The van der Waals surface area contributed by atoms with Crippen LogP contribution in [-0.4, -0.2) is 27.8 Å². The lowest BCUT2D eigenvalue weighted by molar-refractivity contribution is -0.144. The van der Waals surface area contributed by atoms with Crippen molar-refractivity contribution in [1.82, 2.24) is 4.90 Å². The lowest BCUT2D eigenvalue weighted by atomic mass is 9.97. The van der Waals surface area contributed by atoms with Crippen LogP contribution < -0.4 is 5.32 Å². The molecule has 0 fully saturated rings. The fourth-order valence-electron chi connectivity index (χ4n) is 3.82. The number of fused-ring (bicyclic) bond motifs is 1. The molecule has 0 spiro atoms. The van der Waals surface area contributed by atoms with Gasteiger partial charge in [0.25, 0.3) is 11.8 Å². The standard InChI is InChI=1S/C24H18BrClN2O4/c1-13-2-11-19-18(12-13)23(30)28(21(24(31)32)15-5-9-17(26)10-6-15)20(22(29)27-19)14-3-7-16(25)8-4-14/h2-12,20-21H,1H3,(H,27,29)(H,31,32). The van der Waals surface area contributed by atoms with Gasteiger partial charge in [-0.2, -0.15) is 0 Å². The number of carboxylic acids is 1. The van der Waals surface area contributed by atoms with Crippen molar-refractivity contribution in [3.05, 3.63) is 98.5 Å². The third-order valence-electron chi connectivity index (χ3n) is 5.31. The van der Waals surface area contributed by atoms with Crippen LogP contribution in [0.25, 0.3) is 0 Å². The molecular formula is C24H18BrClN2O4. The maximum absolute atomic E-state index is 13.8. The average Bonchev–Trinajstić information content (AvgIpc) is 2.85. The van der Waals surface area contributed by atoms with E-state index in [9.17, 15) is 19.5 Å². The predicted molar refractivity (Wildman–Crippen MR) is 125 cm³/mol. The summed E-state index contributed by atoms with van der Waals surface area (Å²) in [4.78, 5) is 40.8. The first-order valence-corrected chi connectivity index (χ1v) is 10.9. The molecule has 32 heavy (non-hydrogen) atoms. The van der Waals surface area contributed by atoms with Crippen LogP contribution in [0.1, 0.15) is 39.1 Å². The van der Waals surface area contributed by atoms with Gasteiger partial charge < -0.3 is 15.3 Å². The molecule has 0 saturated carbocycles. The summed E-state index contributed by atoms with van der Waals surface area (Å²) in [5, 5.41) is 13.4. The zero-order chi connectivity index (χ0) is 23.0. The van der Waals surface area contributed by atoms with Crippen molar-refractivity contribution in [3.8, 4) is 0 Å². The fourth-order valence-corrected chi connectivity index (χ4v) is 4.21. The second-order valence-electron chi connectivity index (χ2n) is 7.50. The quantitative estimate of drug-likeness (QED) is 0.491. The van der Waals surface area contributed by atoms with E-state index in [0.29, 0.717) is 21.8 Å². The zero-order valence-electron chi connectivity index (χ0n) is 16.9. The maximum Gasteiger partial charge on any atom is 0.331 e. The number of aliphatic carboxylic acids is 1. The molecule has 3 aromatic rings. The number of anilines is 1. The molecule has 0 saturated heterocycles. The minimum atomic E-state index is -1.41. The summed E-state index contributed by atoms with van der Waals surface area (Å²) >= 11 is 9.35. The van der Waals surface area contributed by atoms with Gasteiger partial charge >= 0.3 is 5.97 Å². The summed E-state index contributed by atoms with van der Waals surface area (Å²) in [5.74, 6) is -2.31. The monoisotopic (exact) mass is 512 g/mol. The third-order valence-corrected chi connectivity index (χ3v) is 6.09. The number of aryl methyl sites for hydroxylation is 1. The number of benzene rings is 3. The zero-order valence-corrected chi connectivity index (χ0v) is 19.2. The molecular weight excluding hydrogens is 496 g/mol. The molecule has 1 heterocycles. The van der Waals surface area contributed by atoms with Crippen LogP contribution >= 0.6 is 27.5 Å². The highest BCUT2D eigenvalue weighted by Gasteiger charge is 2.43. The Hall–Kier alpha value is -3.16. The van der Waals surface area contributed by atoms with Crippen molar-refractivity contribution in [2.24, 2.45) is 0 Å². The number of nitrogens with one attached hydrogen (secondary N) is 1. The molecule has 0 aliphatic carbocycles. The van der Waals surface area contributed by atoms with Crippen molar-refractivity contribution in [3.63, 3.8) is 0 Å². The Labute approximate surface area is 197 Å². The van der Waals surface area contributed by atoms with Gasteiger partial charge in [0.15, 0.2) is 6.04 Å². The fraction of sp³-hybridized carbons (Fsp3) is 0.125. The van der Waals surface area contributed by atoms with E-state index >= 15 is 0 Å². The highest BCUT2D eigenvalue weighted by atomic mass is 79.9. The van der Waals surface area contributed by atoms with Gasteiger partial charge in [-0.25, -0.2) is 4.79 Å². The Morgan fingerprint density at radius 1 is 1.06 bits per heavy atom. The Morgan fingerprint density at radius 2 is 1.72 bits per heavy atom. The molecule has 4 rings (SSSR count). The SMILES string of the molecule is Cc1ccc2c(c1)C(=O)N(C(C(=O)O)c1ccc(Cl)cc1)C(c1ccc(Br)cc1)C(=O)N2. The Bertz CT molecular complexity index is 1210. The first-order valence-electron chi connectivity index (χ1n) is 9.74. The summed E-state index contributed by atoms with van der Waals surface area (Å²) in [6, 6.07) is 15.6. The molecule has 0 aromatic heterocycles. The van der Waals surface area contributed by atoms with Gasteiger partial charge in [-0.1, -0.05) is 63.4 Å². The molecule has 2 atom stereocenters. The van der Waals surface area contributed by atoms with Crippen molar-refractivity contribution in [2.75, 3.05) is 5.32 Å². The maximum atomic E-state index is 13.8. The Kier molecular flexibility index (Phi) is 6.04. The van der Waals surface area contributed by atoms with Crippen molar-refractivity contribution in [2.45, 2.75) is 19.0 Å². The topological polar surface area (TPSA) is 86.7 Å². The average molecular weight is 514 g/mol. The van der Waals surface area contributed by atoms with Crippen LogP contribution in [0, 0.1) is 6.92 Å². The molecule has 2 unspecified atom stereocenters. The van der Waals surface area contributed by atoms with Crippen LogP contribution in [0.5, 0.6) is 0 Å². The summed E-state index contributed by atoms with van der Waals surface area (Å²) in [5.41, 5.74) is 2.21. The van der Waals surface area contributed by atoms with Crippen molar-refractivity contribution in [1.29, 1.82) is 0 Å². The lowest BCUT2D eigenvalue weighted by Crippen LogP contribution is -2.44. The Balaban J connectivity index is 1.95. The van der Waals surface area contributed by atoms with E-state index in [1.165, 1.54) is 0 Å².